The molecule has 0 aliphatic carbocycles. The van der Waals surface area contributed by atoms with Crippen molar-refractivity contribution in [2.75, 3.05) is 57.7 Å². The van der Waals surface area contributed by atoms with Crippen molar-refractivity contribution < 1.29 is 14.3 Å². The molecule has 0 saturated carbocycles. The minimum Gasteiger partial charge on any atom is -0.492 e. The van der Waals surface area contributed by atoms with E-state index in [0.29, 0.717) is 61.7 Å². The highest BCUT2D eigenvalue weighted by atomic mass is 35.5. The molecule has 2 saturated heterocycles. The summed E-state index contributed by atoms with van der Waals surface area (Å²) in [6.07, 6.45) is 2.21. The minimum absolute atomic E-state index is 0.151. The van der Waals surface area contributed by atoms with Crippen LogP contribution in [0.2, 0.25) is 5.02 Å². The molecule has 1 aromatic rings. The molecule has 2 heterocycles. The molecule has 3 amide bonds. The molecule has 2 fully saturated rings. The minimum atomic E-state index is -0.151. The Balaban J connectivity index is 1.44. The van der Waals surface area contributed by atoms with Gasteiger partial charge in [-0.2, -0.15) is 0 Å². The van der Waals surface area contributed by atoms with Crippen LogP contribution >= 0.6 is 11.6 Å². The number of carbonyl (C=O) groups excluding carboxylic acids is 2. The summed E-state index contributed by atoms with van der Waals surface area (Å²) in [7, 11) is 0. The number of rotatable bonds is 6. The largest absolute Gasteiger partial charge is 0.492 e. The molecular weight excluding hydrogens is 392 g/mol. The van der Waals surface area contributed by atoms with Gasteiger partial charge in [-0.3, -0.25) is 9.69 Å². The first kappa shape index (κ1) is 21.7. The number of anilines is 1. The predicted octanol–water partition coefficient (Wildman–Crippen LogP) is 3.15. The van der Waals surface area contributed by atoms with Crippen LogP contribution in [0.3, 0.4) is 0 Å². The Morgan fingerprint density at radius 1 is 1.07 bits per heavy atom. The number of amides is 3. The van der Waals surface area contributed by atoms with Crippen molar-refractivity contribution in [3.63, 3.8) is 0 Å². The normalized spacial score (nSPS) is 17.7. The van der Waals surface area contributed by atoms with Crippen LogP contribution in [0.1, 0.15) is 26.7 Å². The van der Waals surface area contributed by atoms with Gasteiger partial charge >= 0.3 is 6.03 Å². The number of ether oxygens (including phenoxy) is 1. The number of carbonyl (C=O) groups is 2. The fraction of sp³-hybridized carbons (Fsp3) is 0.619. The fourth-order valence-corrected chi connectivity index (χ4v) is 3.76. The summed E-state index contributed by atoms with van der Waals surface area (Å²) < 4.78 is 5.66. The summed E-state index contributed by atoms with van der Waals surface area (Å²) in [6.45, 7) is 9.56. The Morgan fingerprint density at radius 3 is 2.38 bits per heavy atom. The zero-order valence-electron chi connectivity index (χ0n) is 17.3. The summed E-state index contributed by atoms with van der Waals surface area (Å²) in [6, 6.07) is 5.13. The lowest BCUT2D eigenvalue weighted by molar-refractivity contribution is -0.131. The van der Waals surface area contributed by atoms with Gasteiger partial charge in [-0.1, -0.05) is 25.4 Å². The number of piperazine rings is 1. The Hall–Kier alpha value is -1.99. The summed E-state index contributed by atoms with van der Waals surface area (Å²) >= 11 is 6.27. The molecule has 3 rings (SSSR count). The van der Waals surface area contributed by atoms with E-state index in [1.165, 1.54) is 0 Å². The molecule has 0 atom stereocenters. The smallest absolute Gasteiger partial charge is 0.321 e. The fourth-order valence-electron chi connectivity index (χ4n) is 3.52. The Bertz CT molecular complexity index is 714. The predicted molar refractivity (Wildman–Crippen MR) is 115 cm³/mol. The number of likely N-dealkylation sites (tertiary alicyclic amines) is 1. The maximum Gasteiger partial charge on any atom is 0.321 e. The number of nitrogens with zero attached hydrogens (tertiary/aromatic N) is 3. The van der Waals surface area contributed by atoms with Crippen LogP contribution in [0.5, 0.6) is 5.75 Å². The van der Waals surface area contributed by atoms with Gasteiger partial charge in [0.2, 0.25) is 5.91 Å². The third kappa shape index (κ3) is 6.24. The number of halogens is 1. The molecule has 29 heavy (non-hydrogen) atoms. The van der Waals surface area contributed by atoms with Crippen LogP contribution in [0.4, 0.5) is 10.5 Å². The standard InChI is InChI=1S/C21H31ClN4O3/c1-16(2)15-29-19-6-5-17(13-18(19)22)23-21(28)26-11-9-24(10-12-26)14-20(27)25-7-3-4-8-25/h5-6,13,16H,3-4,7-12,14-15H2,1-2H3,(H,23,28). The van der Waals surface area contributed by atoms with E-state index in [-0.39, 0.29) is 11.9 Å². The zero-order valence-corrected chi connectivity index (χ0v) is 18.1. The molecule has 2 aliphatic rings. The van der Waals surface area contributed by atoms with Gasteiger partial charge in [0.15, 0.2) is 0 Å². The van der Waals surface area contributed by atoms with Crippen LogP contribution in [-0.2, 0) is 4.79 Å². The number of urea groups is 1. The van der Waals surface area contributed by atoms with Crippen LogP contribution in [0.15, 0.2) is 18.2 Å². The van der Waals surface area contributed by atoms with Crippen LogP contribution in [0, 0.1) is 5.92 Å². The van der Waals surface area contributed by atoms with Crippen molar-refractivity contribution in [2.24, 2.45) is 5.92 Å². The van der Waals surface area contributed by atoms with E-state index in [2.05, 4.69) is 24.1 Å². The molecule has 0 unspecified atom stereocenters. The third-order valence-electron chi connectivity index (χ3n) is 5.23. The van der Waals surface area contributed by atoms with E-state index in [4.69, 9.17) is 16.3 Å². The van der Waals surface area contributed by atoms with Gasteiger partial charge in [0, 0.05) is 45.0 Å². The second-order valence-electron chi connectivity index (χ2n) is 8.13. The topological polar surface area (TPSA) is 65.1 Å². The van der Waals surface area contributed by atoms with Crippen molar-refractivity contribution in [3.05, 3.63) is 23.2 Å². The maximum atomic E-state index is 12.6. The molecule has 7 nitrogen and oxygen atoms in total. The van der Waals surface area contributed by atoms with E-state index in [0.717, 1.165) is 25.9 Å². The second-order valence-corrected chi connectivity index (χ2v) is 8.54. The zero-order chi connectivity index (χ0) is 20.8. The van der Waals surface area contributed by atoms with Crippen molar-refractivity contribution in [1.82, 2.24) is 14.7 Å². The average Bonchev–Trinajstić information content (AvgIpc) is 3.23. The Kier molecular flexibility index (Phi) is 7.61. The third-order valence-corrected chi connectivity index (χ3v) is 5.53. The lowest BCUT2D eigenvalue weighted by atomic mass is 10.2. The number of hydrogen-bond donors (Lipinski definition) is 1. The summed E-state index contributed by atoms with van der Waals surface area (Å²) in [5, 5.41) is 3.38. The first-order chi connectivity index (χ1) is 13.9. The van der Waals surface area contributed by atoms with E-state index >= 15 is 0 Å². The molecule has 8 heteroatoms. The molecule has 0 spiro atoms. The summed E-state index contributed by atoms with van der Waals surface area (Å²) in [5.41, 5.74) is 0.642. The SMILES string of the molecule is CC(C)COc1ccc(NC(=O)N2CCN(CC(=O)N3CCCC3)CC2)cc1Cl. The number of benzene rings is 1. The molecule has 2 aliphatic heterocycles. The molecule has 1 aromatic carbocycles. The Labute approximate surface area is 177 Å². The monoisotopic (exact) mass is 422 g/mol. The average molecular weight is 423 g/mol. The van der Waals surface area contributed by atoms with Gasteiger partial charge < -0.3 is 19.9 Å². The summed E-state index contributed by atoms with van der Waals surface area (Å²) in [4.78, 5) is 30.7. The lowest BCUT2D eigenvalue weighted by Crippen LogP contribution is -2.52. The van der Waals surface area contributed by atoms with E-state index < -0.39 is 0 Å². The molecule has 0 aromatic heterocycles. The van der Waals surface area contributed by atoms with E-state index in [1.807, 2.05) is 4.90 Å². The van der Waals surface area contributed by atoms with Gasteiger partial charge in [0.05, 0.1) is 18.2 Å². The van der Waals surface area contributed by atoms with E-state index in [1.54, 1.807) is 23.1 Å². The van der Waals surface area contributed by atoms with Gasteiger partial charge in [0.25, 0.3) is 0 Å². The molecule has 0 bridgehead atoms. The number of nitrogens with one attached hydrogen (secondary N) is 1. The van der Waals surface area contributed by atoms with Gasteiger partial charge in [-0.15, -0.1) is 0 Å². The maximum absolute atomic E-state index is 12.6. The van der Waals surface area contributed by atoms with E-state index in [9.17, 15) is 9.59 Å². The Morgan fingerprint density at radius 2 is 1.76 bits per heavy atom. The highest BCUT2D eigenvalue weighted by Gasteiger charge is 2.25. The van der Waals surface area contributed by atoms with Gasteiger partial charge in [-0.25, -0.2) is 4.79 Å². The summed E-state index contributed by atoms with van der Waals surface area (Å²) in [5.74, 6) is 1.24. The van der Waals surface area contributed by atoms with Gasteiger partial charge in [0.1, 0.15) is 5.75 Å². The lowest BCUT2D eigenvalue weighted by Gasteiger charge is -2.35. The van der Waals surface area contributed by atoms with Crippen LogP contribution < -0.4 is 10.1 Å². The second kappa shape index (κ2) is 10.2. The van der Waals surface area contributed by atoms with Crippen LogP contribution in [-0.4, -0.2) is 79.1 Å². The quantitative estimate of drug-likeness (QED) is 0.764. The highest BCUT2D eigenvalue weighted by Crippen LogP contribution is 2.28. The van der Waals surface area contributed by atoms with Gasteiger partial charge in [-0.05, 0) is 37.0 Å². The van der Waals surface area contributed by atoms with Crippen LogP contribution in [0.25, 0.3) is 0 Å². The molecule has 0 radical (unpaired) electrons. The van der Waals surface area contributed by atoms with Crippen molar-refractivity contribution >= 4 is 29.2 Å². The molecule has 1 N–H and O–H groups in total. The first-order valence-electron chi connectivity index (χ1n) is 10.4. The highest BCUT2D eigenvalue weighted by molar-refractivity contribution is 6.32. The number of hydrogen-bond acceptors (Lipinski definition) is 4. The van der Waals surface area contributed by atoms with Crippen molar-refractivity contribution in [3.8, 4) is 5.75 Å². The van der Waals surface area contributed by atoms with Crippen molar-refractivity contribution in [2.45, 2.75) is 26.7 Å². The molecular formula is C21H31ClN4O3. The molecule has 160 valence electrons. The first-order valence-corrected chi connectivity index (χ1v) is 10.8. The van der Waals surface area contributed by atoms with Crippen molar-refractivity contribution in [1.29, 1.82) is 0 Å².